The molecule has 1 atom stereocenters. The van der Waals surface area contributed by atoms with Crippen LogP contribution in [-0.2, 0) is 14.8 Å². The molecule has 0 spiro atoms. The van der Waals surface area contributed by atoms with E-state index >= 15 is 0 Å². The first-order valence-electron chi connectivity index (χ1n) is 9.04. The molecule has 6 heteroatoms. The third-order valence-corrected chi connectivity index (χ3v) is 7.02. The lowest BCUT2D eigenvalue weighted by Gasteiger charge is -2.31. The van der Waals surface area contributed by atoms with Crippen LogP contribution < -0.4 is 5.32 Å². The number of amides is 1. The van der Waals surface area contributed by atoms with Gasteiger partial charge in [-0.1, -0.05) is 30.4 Å². The molecule has 1 aliphatic carbocycles. The fraction of sp³-hybridized carbons (Fsp3) is 0.526. The average Bonchev–Trinajstić information content (AvgIpc) is 3.14. The molecule has 0 aromatic heterocycles. The van der Waals surface area contributed by atoms with Gasteiger partial charge in [-0.3, -0.25) is 4.79 Å². The van der Waals surface area contributed by atoms with Crippen LogP contribution in [0.15, 0.2) is 47.4 Å². The van der Waals surface area contributed by atoms with Crippen LogP contribution in [0.5, 0.6) is 0 Å². The third-order valence-electron chi connectivity index (χ3n) is 5.10. The van der Waals surface area contributed by atoms with Crippen LogP contribution in [0, 0.1) is 11.8 Å². The van der Waals surface area contributed by atoms with Crippen molar-refractivity contribution in [1.82, 2.24) is 9.62 Å². The molecular weight excluding hydrogens is 336 g/mol. The Morgan fingerprint density at radius 3 is 2.48 bits per heavy atom. The van der Waals surface area contributed by atoms with Crippen molar-refractivity contribution >= 4 is 15.9 Å². The molecule has 1 aromatic carbocycles. The van der Waals surface area contributed by atoms with E-state index in [4.69, 9.17) is 0 Å². The molecule has 2 aliphatic rings. The number of hydrogen-bond acceptors (Lipinski definition) is 3. The van der Waals surface area contributed by atoms with E-state index in [1.54, 1.807) is 28.6 Å². The van der Waals surface area contributed by atoms with Crippen molar-refractivity contribution in [2.75, 3.05) is 19.6 Å². The van der Waals surface area contributed by atoms with E-state index in [0.717, 1.165) is 25.7 Å². The monoisotopic (exact) mass is 362 g/mol. The minimum atomic E-state index is -3.39. The molecule has 1 amide bonds. The Labute approximate surface area is 150 Å². The predicted octanol–water partition coefficient (Wildman–Crippen LogP) is 2.56. The number of allylic oxidation sites excluding steroid dienone is 2. The molecule has 136 valence electrons. The molecule has 0 bridgehead atoms. The Bertz CT molecular complexity index is 707. The lowest BCUT2D eigenvalue weighted by molar-refractivity contribution is -0.121. The summed E-state index contributed by atoms with van der Waals surface area (Å²) in [5.41, 5.74) is 0. The predicted molar refractivity (Wildman–Crippen MR) is 97.4 cm³/mol. The van der Waals surface area contributed by atoms with Crippen LogP contribution in [0.1, 0.15) is 32.1 Å². The maximum atomic E-state index is 12.6. The highest BCUT2D eigenvalue weighted by Gasteiger charge is 2.29. The highest BCUT2D eigenvalue weighted by atomic mass is 32.2. The minimum Gasteiger partial charge on any atom is -0.356 e. The zero-order valence-electron chi connectivity index (χ0n) is 14.4. The van der Waals surface area contributed by atoms with E-state index in [-0.39, 0.29) is 5.91 Å². The summed E-state index contributed by atoms with van der Waals surface area (Å²) >= 11 is 0. The number of piperidine rings is 1. The van der Waals surface area contributed by atoms with E-state index in [9.17, 15) is 13.2 Å². The molecule has 0 unspecified atom stereocenters. The Hall–Kier alpha value is -1.66. The van der Waals surface area contributed by atoms with Gasteiger partial charge >= 0.3 is 0 Å². The normalized spacial score (nSPS) is 22.2. The summed E-state index contributed by atoms with van der Waals surface area (Å²) < 4.78 is 26.8. The van der Waals surface area contributed by atoms with E-state index in [2.05, 4.69) is 17.5 Å². The summed E-state index contributed by atoms with van der Waals surface area (Å²) in [6.07, 6.45) is 8.56. The van der Waals surface area contributed by atoms with Gasteiger partial charge in [-0.2, -0.15) is 4.31 Å². The highest BCUT2D eigenvalue weighted by Crippen LogP contribution is 2.24. The summed E-state index contributed by atoms with van der Waals surface area (Å²) in [4.78, 5) is 12.4. The van der Waals surface area contributed by atoms with Gasteiger partial charge in [-0.05, 0) is 49.7 Å². The van der Waals surface area contributed by atoms with Crippen molar-refractivity contribution in [3.05, 3.63) is 42.5 Å². The maximum absolute atomic E-state index is 12.6. The molecule has 25 heavy (non-hydrogen) atoms. The summed E-state index contributed by atoms with van der Waals surface area (Å²) in [6, 6.07) is 8.58. The standard InChI is InChI=1S/C19H26N2O3S/c22-19(14-16-6-4-5-7-16)20-15-17-10-12-21(13-11-17)25(23,24)18-8-2-1-3-9-18/h1-4,6,8-9,16-17H,5,7,10-15H2,(H,20,22)/t16-/m0/s1. The van der Waals surface area contributed by atoms with Crippen LogP contribution >= 0.6 is 0 Å². The summed E-state index contributed by atoms with van der Waals surface area (Å²) in [5, 5.41) is 3.02. The number of nitrogens with zero attached hydrogens (tertiary/aromatic N) is 1. The van der Waals surface area contributed by atoms with Crippen molar-refractivity contribution in [1.29, 1.82) is 0 Å². The van der Waals surface area contributed by atoms with Crippen LogP contribution in [-0.4, -0.2) is 38.3 Å². The van der Waals surface area contributed by atoms with E-state index < -0.39 is 10.0 Å². The van der Waals surface area contributed by atoms with Crippen molar-refractivity contribution < 1.29 is 13.2 Å². The van der Waals surface area contributed by atoms with Gasteiger partial charge in [0.2, 0.25) is 15.9 Å². The molecule has 0 saturated carbocycles. The maximum Gasteiger partial charge on any atom is 0.243 e. The number of sulfonamides is 1. The van der Waals surface area contributed by atoms with Gasteiger partial charge in [-0.25, -0.2) is 8.42 Å². The van der Waals surface area contributed by atoms with E-state index in [0.29, 0.717) is 42.8 Å². The largest absolute Gasteiger partial charge is 0.356 e. The minimum absolute atomic E-state index is 0.107. The average molecular weight is 362 g/mol. The first-order chi connectivity index (χ1) is 12.1. The van der Waals surface area contributed by atoms with Crippen LogP contribution in [0.2, 0.25) is 0 Å². The first-order valence-corrected chi connectivity index (χ1v) is 10.5. The number of nitrogens with one attached hydrogen (secondary N) is 1. The van der Waals surface area contributed by atoms with Gasteiger partial charge in [0.15, 0.2) is 0 Å². The highest BCUT2D eigenvalue weighted by molar-refractivity contribution is 7.89. The Morgan fingerprint density at radius 2 is 1.84 bits per heavy atom. The van der Waals surface area contributed by atoms with Crippen LogP contribution in [0.3, 0.4) is 0 Å². The van der Waals surface area contributed by atoms with Crippen LogP contribution in [0.25, 0.3) is 0 Å². The Morgan fingerprint density at radius 1 is 1.12 bits per heavy atom. The second-order valence-corrected chi connectivity index (χ2v) is 8.87. The molecule has 1 N–H and O–H groups in total. The molecule has 1 fully saturated rings. The van der Waals surface area contributed by atoms with Gasteiger partial charge in [0.1, 0.15) is 0 Å². The lowest BCUT2D eigenvalue weighted by Crippen LogP contribution is -2.41. The molecule has 3 rings (SSSR count). The smallest absolute Gasteiger partial charge is 0.243 e. The van der Waals surface area contributed by atoms with Crippen molar-refractivity contribution in [3.8, 4) is 0 Å². The molecule has 1 aromatic rings. The molecule has 1 aliphatic heterocycles. The molecule has 5 nitrogen and oxygen atoms in total. The summed E-state index contributed by atoms with van der Waals surface area (Å²) in [5.74, 6) is 0.846. The second-order valence-electron chi connectivity index (χ2n) is 6.93. The van der Waals surface area contributed by atoms with Crippen molar-refractivity contribution in [3.63, 3.8) is 0 Å². The Balaban J connectivity index is 1.44. The second kappa shape index (κ2) is 8.15. The van der Waals surface area contributed by atoms with Gasteiger partial charge in [0.25, 0.3) is 0 Å². The fourth-order valence-electron chi connectivity index (χ4n) is 3.53. The third kappa shape index (κ3) is 4.70. The first kappa shape index (κ1) is 18.1. The van der Waals surface area contributed by atoms with Crippen molar-refractivity contribution in [2.45, 2.75) is 37.0 Å². The van der Waals surface area contributed by atoms with Gasteiger partial charge in [-0.15, -0.1) is 0 Å². The fourth-order valence-corrected chi connectivity index (χ4v) is 5.02. The molecule has 0 radical (unpaired) electrons. The van der Waals surface area contributed by atoms with Crippen LogP contribution in [0.4, 0.5) is 0 Å². The Kier molecular flexibility index (Phi) is 5.91. The topological polar surface area (TPSA) is 66.5 Å². The number of rotatable bonds is 6. The lowest BCUT2D eigenvalue weighted by atomic mass is 9.98. The molecule has 1 heterocycles. The molecule has 1 saturated heterocycles. The number of benzene rings is 1. The van der Waals surface area contributed by atoms with Crippen molar-refractivity contribution in [2.24, 2.45) is 11.8 Å². The van der Waals surface area contributed by atoms with E-state index in [1.165, 1.54) is 0 Å². The van der Waals surface area contributed by atoms with Gasteiger partial charge in [0.05, 0.1) is 4.90 Å². The number of carbonyl (C=O) groups is 1. The molecular formula is C19H26N2O3S. The summed E-state index contributed by atoms with van der Waals surface area (Å²) in [7, 11) is -3.39. The quantitative estimate of drug-likeness (QED) is 0.791. The van der Waals surface area contributed by atoms with Gasteiger partial charge in [0, 0.05) is 26.1 Å². The number of hydrogen-bond donors (Lipinski definition) is 1. The summed E-state index contributed by atoms with van der Waals surface area (Å²) in [6.45, 7) is 1.68. The van der Waals surface area contributed by atoms with E-state index in [1.807, 2.05) is 6.07 Å². The zero-order valence-corrected chi connectivity index (χ0v) is 15.2. The SMILES string of the molecule is O=C(C[C@H]1C=CCC1)NCC1CCN(S(=O)(=O)c2ccccc2)CC1. The number of carbonyl (C=O) groups excluding carboxylic acids is 1. The van der Waals surface area contributed by atoms with Gasteiger partial charge < -0.3 is 5.32 Å². The zero-order chi connectivity index (χ0) is 17.7.